The molecule has 2 aromatic carbocycles. The molecule has 0 amide bonds. The highest BCUT2D eigenvalue weighted by Crippen LogP contribution is 2.37. The van der Waals surface area contributed by atoms with Crippen LogP contribution in [0, 0.1) is 13.8 Å². The lowest BCUT2D eigenvalue weighted by molar-refractivity contribution is 0.0848. The van der Waals surface area contributed by atoms with E-state index in [9.17, 15) is 0 Å². The van der Waals surface area contributed by atoms with Gasteiger partial charge in [-0.05, 0) is 37.5 Å². The van der Waals surface area contributed by atoms with Crippen LogP contribution in [0.1, 0.15) is 48.4 Å². The Labute approximate surface area is 227 Å². The van der Waals surface area contributed by atoms with E-state index in [-0.39, 0.29) is 12.0 Å². The van der Waals surface area contributed by atoms with Crippen LogP contribution in [0.25, 0.3) is 38.9 Å². The van der Waals surface area contributed by atoms with E-state index >= 15 is 0 Å². The fourth-order valence-electron chi connectivity index (χ4n) is 5.55. The molecule has 6 aromatic rings. The summed E-state index contributed by atoms with van der Waals surface area (Å²) in [5.74, 6) is 0.283. The molecule has 6 rings (SSSR count). The molecule has 0 unspecified atom stereocenters. The molecule has 1 atom stereocenters. The van der Waals surface area contributed by atoms with E-state index in [0.717, 1.165) is 55.8 Å². The number of benzene rings is 2. The van der Waals surface area contributed by atoms with E-state index in [1.165, 1.54) is 5.56 Å². The summed E-state index contributed by atoms with van der Waals surface area (Å²) in [6.45, 7) is 9.23. The molecule has 8 heteroatoms. The standard InChI is InChI=1S/C31H33N7O/c1-19(2)29-21(4)38(27-15-23-16-36(5)35-31(23)32-20(27)3)34-30(29)24-13-10-14-26-25(24)17-37(33-26)18-28(39-6)22-11-8-7-9-12-22/h7-17,19,28H,18H2,1-6H3/t28-/m0/s1. The van der Waals surface area contributed by atoms with Gasteiger partial charge in [0.15, 0.2) is 5.65 Å². The Hall–Kier alpha value is -4.30. The zero-order valence-corrected chi connectivity index (χ0v) is 23.3. The second-order valence-corrected chi connectivity index (χ2v) is 10.4. The number of methoxy groups -OCH3 is 1. The second kappa shape index (κ2) is 9.78. The van der Waals surface area contributed by atoms with Crippen molar-refractivity contribution in [3.8, 4) is 16.9 Å². The molecule has 0 N–H and O–H groups in total. The van der Waals surface area contributed by atoms with Gasteiger partial charge in [-0.15, -0.1) is 0 Å². The Morgan fingerprint density at radius 1 is 0.923 bits per heavy atom. The highest BCUT2D eigenvalue weighted by molar-refractivity contribution is 5.94. The Morgan fingerprint density at radius 2 is 1.72 bits per heavy atom. The van der Waals surface area contributed by atoms with Crippen molar-refractivity contribution in [1.29, 1.82) is 0 Å². The van der Waals surface area contributed by atoms with Gasteiger partial charge in [0, 0.05) is 54.1 Å². The van der Waals surface area contributed by atoms with Crippen molar-refractivity contribution >= 4 is 21.9 Å². The molecule has 0 spiro atoms. The maximum absolute atomic E-state index is 5.82. The second-order valence-electron chi connectivity index (χ2n) is 10.4. The predicted octanol–water partition coefficient (Wildman–Crippen LogP) is 6.30. The normalized spacial score (nSPS) is 12.7. The van der Waals surface area contributed by atoms with Crippen LogP contribution in [0.3, 0.4) is 0 Å². The molecule has 4 heterocycles. The van der Waals surface area contributed by atoms with Crippen LogP contribution < -0.4 is 0 Å². The molecule has 0 saturated heterocycles. The quantitative estimate of drug-likeness (QED) is 0.247. The minimum atomic E-state index is -0.0884. The highest BCUT2D eigenvalue weighted by atomic mass is 16.5. The van der Waals surface area contributed by atoms with Gasteiger partial charge < -0.3 is 4.74 Å². The maximum Gasteiger partial charge on any atom is 0.181 e. The predicted molar refractivity (Wildman–Crippen MR) is 154 cm³/mol. The van der Waals surface area contributed by atoms with E-state index in [4.69, 9.17) is 19.9 Å². The molecule has 0 radical (unpaired) electrons. The first-order valence-electron chi connectivity index (χ1n) is 13.3. The molecule has 0 aliphatic rings. The Bertz CT molecular complexity index is 1790. The molecule has 0 bridgehead atoms. The average molecular weight is 520 g/mol. The third-order valence-corrected chi connectivity index (χ3v) is 7.40. The Kier molecular flexibility index (Phi) is 6.27. The van der Waals surface area contributed by atoms with E-state index < -0.39 is 0 Å². The first kappa shape index (κ1) is 25.0. The molecule has 4 aromatic heterocycles. The maximum atomic E-state index is 5.82. The number of fused-ring (bicyclic) bond motifs is 2. The minimum Gasteiger partial charge on any atom is -0.375 e. The van der Waals surface area contributed by atoms with Gasteiger partial charge in [0.2, 0.25) is 0 Å². The highest BCUT2D eigenvalue weighted by Gasteiger charge is 2.23. The molecule has 0 aliphatic heterocycles. The number of hydrogen-bond acceptors (Lipinski definition) is 5. The molecule has 0 fully saturated rings. The van der Waals surface area contributed by atoms with Gasteiger partial charge >= 0.3 is 0 Å². The van der Waals surface area contributed by atoms with Crippen LogP contribution in [0.15, 0.2) is 67.0 Å². The van der Waals surface area contributed by atoms with Gasteiger partial charge in [0.05, 0.1) is 29.1 Å². The number of hydrogen-bond donors (Lipinski definition) is 0. The third-order valence-electron chi connectivity index (χ3n) is 7.40. The number of aromatic nitrogens is 7. The van der Waals surface area contributed by atoms with Crippen LogP contribution in [0.4, 0.5) is 0 Å². The fourth-order valence-corrected chi connectivity index (χ4v) is 5.55. The van der Waals surface area contributed by atoms with Crippen LogP contribution in [-0.2, 0) is 18.3 Å². The number of pyridine rings is 1. The van der Waals surface area contributed by atoms with Crippen molar-refractivity contribution in [2.45, 2.75) is 46.3 Å². The van der Waals surface area contributed by atoms with Crippen LogP contribution >= 0.6 is 0 Å². The molecular weight excluding hydrogens is 486 g/mol. The van der Waals surface area contributed by atoms with Gasteiger partial charge in [-0.2, -0.15) is 15.3 Å². The minimum absolute atomic E-state index is 0.0884. The van der Waals surface area contributed by atoms with Crippen molar-refractivity contribution in [2.24, 2.45) is 7.05 Å². The molecule has 39 heavy (non-hydrogen) atoms. The SMILES string of the molecule is CO[C@@H](Cn1cc2c(-c3nn(-c4cc5cn(C)nc5nc4C)c(C)c3C(C)C)cccc2n1)c1ccccc1. The largest absolute Gasteiger partial charge is 0.375 e. The van der Waals surface area contributed by atoms with Crippen LogP contribution in [0.5, 0.6) is 0 Å². The number of nitrogens with zero attached hydrogens (tertiary/aromatic N) is 7. The summed E-state index contributed by atoms with van der Waals surface area (Å²) in [6, 6.07) is 18.7. The number of aryl methyl sites for hydroxylation is 2. The molecule has 198 valence electrons. The topological polar surface area (TPSA) is 75.6 Å². The van der Waals surface area contributed by atoms with Crippen molar-refractivity contribution in [3.63, 3.8) is 0 Å². The lowest BCUT2D eigenvalue weighted by Crippen LogP contribution is -2.11. The summed E-state index contributed by atoms with van der Waals surface area (Å²) in [4.78, 5) is 4.77. The first-order valence-corrected chi connectivity index (χ1v) is 13.3. The van der Waals surface area contributed by atoms with E-state index in [0.29, 0.717) is 6.54 Å². The summed E-state index contributed by atoms with van der Waals surface area (Å²) >= 11 is 0. The molecule has 0 aliphatic carbocycles. The van der Waals surface area contributed by atoms with E-state index in [2.05, 4.69) is 68.5 Å². The zero-order chi connectivity index (χ0) is 27.3. The molecular formula is C31H33N7O. The van der Waals surface area contributed by atoms with Crippen LogP contribution in [0.2, 0.25) is 0 Å². The van der Waals surface area contributed by atoms with Gasteiger partial charge in [-0.25, -0.2) is 9.67 Å². The van der Waals surface area contributed by atoms with Crippen molar-refractivity contribution < 1.29 is 4.74 Å². The fraction of sp³-hybridized carbons (Fsp3) is 0.290. The van der Waals surface area contributed by atoms with E-state index in [1.54, 1.807) is 11.8 Å². The first-order chi connectivity index (χ1) is 18.8. The number of ether oxygens (including phenoxy) is 1. The lowest BCUT2D eigenvalue weighted by atomic mass is 9.95. The summed E-state index contributed by atoms with van der Waals surface area (Å²) in [5, 5.41) is 16.7. The van der Waals surface area contributed by atoms with Crippen molar-refractivity contribution in [3.05, 3.63) is 89.5 Å². The van der Waals surface area contributed by atoms with Gasteiger partial charge in [-0.3, -0.25) is 9.36 Å². The third kappa shape index (κ3) is 4.40. The smallest absolute Gasteiger partial charge is 0.181 e. The molecule has 8 nitrogen and oxygen atoms in total. The average Bonchev–Trinajstić information content (AvgIpc) is 3.60. The van der Waals surface area contributed by atoms with Crippen molar-refractivity contribution in [1.82, 2.24) is 34.3 Å². The van der Waals surface area contributed by atoms with Gasteiger partial charge in [0.25, 0.3) is 0 Å². The summed E-state index contributed by atoms with van der Waals surface area (Å²) in [5.41, 5.74) is 9.06. The monoisotopic (exact) mass is 519 g/mol. The lowest BCUT2D eigenvalue weighted by Gasteiger charge is -2.15. The Morgan fingerprint density at radius 3 is 2.46 bits per heavy atom. The summed E-state index contributed by atoms with van der Waals surface area (Å²) < 4.78 is 11.6. The van der Waals surface area contributed by atoms with Crippen molar-refractivity contribution in [2.75, 3.05) is 7.11 Å². The molecule has 0 saturated carbocycles. The van der Waals surface area contributed by atoms with E-state index in [1.807, 2.05) is 47.7 Å². The summed E-state index contributed by atoms with van der Waals surface area (Å²) in [6.07, 6.45) is 4.02. The zero-order valence-electron chi connectivity index (χ0n) is 23.3. The van der Waals surface area contributed by atoms with Gasteiger partial charge in [-0.1, -0.05) is 56.3 Å². The van der Waals surface area contributed by atoms with Crippen LogP contribution in [-0.4, -0.2) is 41.4 Å². The van der Waals surface area contributed by atoms with Gasteiger partial charge in [0.1, 0.15) is 6.10 Å². The Balaban J connectivity index is 1.46. The number of rotatable bonds is 7. The summed E-state index contributed by atoms with van der Waals surface area (Å²) in [7, 11) is 3.66.